The first-order chi connectivity index (χ1) is 17.4. The second-order valence-electron chi connectivity index (χ2n) is 8.15. The maximum atomic E-state index is 13.3. The van der Waals surface area contributed by atoms with Crippen LogP contribution in [-0.4, -0.2) is 41.4 Å². The van der Waals surface area contributed by atoms with Crippen molar-refractivity contribution >= 4 is 40.0 Å². The lowest BCUT2D eigenvalue weighted by Crippen LogP contribution is -2.25. The third-order valence-corrected chi connectivity index (χ3v) is 6.01. The maximum absolute atomic E-state index is 13.3. The van der Waals surface area contributed by atoms with Crippen molar-refractivity contribution in [2.75, 3.05) is 13.7 Å². The molecule has 0 unspecified atom stereocenters. The summed E-state index contributed by atoms with van der Waals surface area (Å²) in [4.78, 5) is 41.3. The van der Waals surface area contributed by atoms with E-state index < -0.39 is 5.97 Å². The SMILES string of the molecule is COc1ccc2c(C(=O)c3ccc(C(=O)NCCc4ccc(Cl)cc4)cc3)ncc(CC(=O)O)c2c1. The van der Waals surface area contributed by atoms with Crippen LogP contribution < -0.4 is 10.1 Å². The first-order valence-corrected chi connectivity index (χ1v) is 11.6. The number of fused-ring (bicyclic) bond motifs is 1. The number of rotatable bonds is 9. The number of carboxylic acid groups (broad SMARTS) is 1. The molecule has 8 heteroatoms. The molecule has 0 fully saturated rings. The van der Waals surface area contributed by atoms with Gasteiger partial charge in [0.2, 0.25) is 5.78 Å². The Bertz CT molecular complexity index is 1430. The fraction of sp³-hybridized carbons (Fsp3) is 0.143. The summed E-state index contributed by atoms with van der Waals surface area (Å²) in [5.74, 6) is -1.02. The highest BCUT2D eigenvalue weighted by Crippen LogP contribution is 2.27. The standard InChI is InChI=1S/C28H23ClN2O5/c1-36-22-10-11-23-24(15-22)20(14-25(32)33)16-31-26(23)27(34)18-4-6-19(7-5-18)28(35)30-13-12-17-2-8-21(29)9-3-17/h2-11,15-16H,12-14H2,1H3,(H,30,35)(H,32,33). The highest BCUT2D eigenvalue weighted by atomic mass is 35.5. The van der Waals surface area contributed by atoms with Gasteiger partial charge in [0, 0.05) is 34.3 Å². The van der Waals surface area contributed by atoms with Crippen molar-refractivity contribution in [1.29, 1.82) is 0 Å². The van der Waals surface area contributed by atoms with Crippen LogP contribution in [0.3, 0.4) is 0 Å². The number of aliphatic carboxylic acids is 1. The number of methoxy groups -OCH3 is 1. The first-order valence-electron chi connectivity index (χ1n) is 11.2. The van der Waals surface area contributed by atoms with Crippen molar-refractivity contribution in [2.45, 2.75) is 12.8 Å². The van der Waals surface area contributed by atoms with Gasteiger partial charge in [0.25, 0.3) is 5.91 Å². The van der Waals surface area contributed by atoms with Crippen LogP contribution in [0.25, 0.3) is 10.8 Å². The molecule has 7 nitrogen and oxygen atoms in total. The van der Waals surface area contributed by atoms with E-state index in [1.807, 2.05) is 24.3 Å². The molecular formula is C28H23ClN2O5. The summed E-state index contributed by atoms with van der Waals surface area (Å²) in [5, 5.41) is 13.9. The van der Waals surface area contributed by atoms with Crippen LogP contribution in [0.1, 0.15) is 37.5 Å². The molecule has 4 rings (SSSR count). The molecule has 1 heterocycles. The first kappa shape index (κ1) is 24.9. The number of hydrogen-bond acceptors (Lipinski definition) is 5. The van der Waals surface area contributed by atoms with E-state index in [-0.39, 0.29) is 23.8 Å². The molecule has 0 saturated heterocycles. The molecule has 4 aromatic rings. The van der Waals surface area contributed by atoms with Gasteiger partial charge >= 0.3 is 5.97 Å². The molecule has 0 atom stereocenters. The van der Waals surface area contributed by atoms with Crippen molar-refractivity contribution in [1.82, 2.24) is 10.3 Å². The minimum Gasteiger partial charge on any atom is -0.497 e. The zero-order valence-electron chi connectivity index (χ0n) is 19.5. The largest absolute Gasteiger partial charge is 0.497 e. The zero-order chi connectivity index (χ0) is 25.7. The Hall–Kier alpha value is -4.23. The minimum atomic E-state index is -0.998. The summed E-state index contributed by atoms with van der Waals surface area (Å²) in [6.45, 7) is 0.462. The van der Waals surface area contributed by atoms with Crippen molar-refractivity contribution in [3.8, 4) is 5.75 Å². The Morgan fingerprint density at radius 2 is 1.64 bits per heavy atom. The van der Waals surface area contributed by atoms with Crippen LogP contribution in [0.4, 0.5) is 0 Å². The molecule has 0 radical (unpaired) electrons. The summed E-state index contributed by atoms with van der Waals surface area (Å²) in [7, 11) is 1.51. The summed E-state index contributed by atoms with van der Waals surface area (Å²) in [6.07, 6.45) is 1.85. The Balaban J connectivity index is 1.50. The smallest absolute Gasteiger partial charge is 0.307 e. The van der Waals surface area contributed by atoms with E-state index in [1.165, 1.54) is 13.3 Å². The number of nitrogens with zero attached hydrogens (tertiary/aromatic N) is 1. The highest BCUT2D eigenvalue weighted by molar-refractivity contribution is 6.30. The molecule has 2 N–H and O–H groups in total. The zero-order valence-corrected chi connectivity index (χ0v) is 20.2. The number of carbonyl (C=O) groups excluding carboxylic acids is 2. The van der Waals surface area contributed by atoms with Crippen LogP contribution in [0.15, 0.2) is 72.9 Å². The van der Waals surface area contributed by atoms with Gasteiger partial charge in [-0.1, -0.05) is 35.9 Å². The monoisotopic (exact) mass is 502 g/mol. The second-order valence-corrected chi connectivity index (χ2v) is 8.59. The quantitative estimate of drug-likeness (QED) is 0.321. The van der Waals surface area contributed by atoms with Crippen molar-refractivity contribution in [3.05, 3.63) is 106 Å². The van der Waals surface area contributed by atoms with E-state index in [2.05, 4.69) is 10.3 Å². The fourth-order valence-corrected chi connectivity index (χ4v) is 4.00. The van der Waals surface area contributed by atoms with Gasteiger partial charge in [-0.25, -0.2) is 0 Å². The van der Waals surface area contributed by atoms with Crippen LogP contribution in [0, 0.1) is 0 Å². The topological polar surface area (TPSA) is 106 Å². The minimum absolute atomic E-state index is 0.196. The number of halogens is 1. The Morgan fingerprint density at radius 1 is 0.944 bits per heavy atom. The predicted octanol–water partition coefficient (Wildman–Crippen LogP) is 4.73. The maximum Gasteiger partial charge on any atom is 0.307 e. The number of aromatic nitrogens is 1. The Morgan fingerprint density at radius 3 is 2.31 bits per heavy atom. The van der Waals surface area contributed by atoms with Crippen molar-refractivity contribution in [2.24, 2.45) is 0 Å². The van der Waals surface area contributed by atoms with Gasteiger partial charge in [-0.3, -0.25) is 19.4 Å². The molecule has 36 heavy (non-hydrogen) atoms. The third kappa shape index (κ3) is 5.70. The molecule has 3 aromatic carbocycles. The predicted molar refractivity (Wildman–Crippen MR) is 137 cm³/mol. The van der Waals surface area contributed by atoms with Gasteiger partial charge in [-0.05, 0) is 65.4 Å². The van der Waals surface area contributed by atoms with E-state index in [0.717, 1.165) is 5.56 Å². The van der Waals surface area contributed by atoms with Gasteiger partial charge in [-0.15, -0.1) is 0 Å². The number of ketones is 1. The Labute approximate surface area is 212 Å². The molecule has 182 valence electrons. The van der Waals surface area contributed by atoms with Gasteiger partial charge in [0.05, 0.1) is 13.5 Å². The second kappa shape index (κ2) is 11.0. The van der Waals surface area contributed by atoms with Crippen molar-refractivity contribution in [3.63, 3.8) is 0 Å². The molecule has 1 aromatic heterocycles. The van der Waals surface area contributed by atoms with E-state index >= 15 is 0 Å². The van der Waals surface area contributed by atoms with Gasteiger partial charge in [0.1, 0.15) is 11.4 Å². The summed E-state index contributed by atoms with van der Waals surface area (Å²) < 4.78 is 5.26. The number of benzene rings is 3. The van der Waals surface area contributed by atoms with Crippen LogP contribution in [0.5, 0.6) is 5.75 Å². The van der Waals surface area contributed by atoms with Gasteiger partial charge in [-0.2, -0.15) is 0 Å². The summed E-state index contributed by atoms with van der Waals surface area (Å²) >= 11 is 5.89. The number of nitrogens with one attached hydrogen (secondary N) is 1. The number of hydrogen-bond donors (Lipinski definition) is 2. The van der Waals surface area contributed by atoms with Crippen LogP contribution >= 0.6 is 11.6 Å². The van der Waals surface area contributed by atoms with Crippen molar-refractivity contribution < 1.29 is 24.2 Å². The molecule has 0 spiro atoms. The van der Waals surface area contributed by atoms with Gasteiger partial charge < -0.3 is 15.2 Å². The average molecular weight is 503 g/mol. The highest BCUT2D eigenvalue weighted by Gasteiger charge is 2.18. The summed E-state index contributed by atoms with van der Waals surface area (Å²) in [6, 6.07) is 18.9. The molecule has 1 amide bonds. The summed E-state index contributed by atoms with van der Waals surface area (Å²) in [5.41, 5.74) is 2.54. The molecular weight excluding hydrogens is 480 g/mol. The molecule has 0 aliphatic rings. The number of carboxylic acids is 1. The molecule has 0 aliphatic carbocycles. The lowest BCUT2D eigenvalue weighted by atomic mass is 9.98. The number of ether oxygens (including phenoxy) is 1. The Kier molecular flexibility index (Phi) is 7.61. The number of carbonyl (C=O) groups is 3. The van der Waals surface area contributed by atoms with Crippen LogP contribution in [-0.2, 0) is 17.6 Å². The third-order valence-electron chi connectivity index (χ3n) is 5.76. The fourth-order valence-electron chi connectivity index (χ4n) is 3.87. The molecule has 0 saturated carbocycles. The molecule has 0 aliphatic heterocycles. The number of amides is 1. The lowest BCUT2D eigenvalue weighted by molar-refractivity contribution is -0.136. The normalized spacial score (nSPS) is 10.7. The van der Waals surface area contributed by atoms with E-state index in [0.29, 0.717) is 51.2 Å². The number of pyridine rings is 1. The van der Waals surface area contributed by atoms with Gasteiger partial charge in [0.15, 0.2) is 0 Å². The molecule has 0 bridgehead atoms. The van der Waals surface area contributed by atoms with Crippen LogP contribution in [0.2, 0.25) is 5.02 Å². The van der Waals surface area contributed by atoms with E-state index in [4.69, 9.17) is 16.3 Å². The average Bonchev–Trinajstić information content (AvgIpc) is 2.89. The lowest BCUT2D eigenvalue weighted by Gasteiger charge is -2.11. The van der Waals surface area contributed by atoms with E-state index in [9.17, 15) is 19.5 Å². The van der Waals surface area contributed by atoms with E-state index in [1.54, 1.807) is 42.5 Å².